The van der Waals surface area contributed by atoms with Gasteiger partial charge in [0.05, 0.1) is 12.7 Å². The minimum atomic E-state index is -0.0163. The number of likely N-dealkylation sites (tertiary alicyclic amines) is 1. The molecule has 1 aliphatic carbocycles. The van der Waals surface area contributed by atoms with E-state index in [9.17, 15) is 4.79 Å². The van der Waals surface area contributed by atoms with E-state index in [-0.39, 0.29) is 17.7 Å². The maximum absolute atomic E-state index is 11.8. The summed E-state index contributed by atoms with van der Waals surface area (Å²) in [5.74, 6) is 0.440. The van der Waals surface area contributed by atoms with Gasteiger partial charge in [0.2, 0.25) is 5.91 Å². The lowest BCUT2D eigenvalue weighted by atomic mass is 9.77. The van der Waals surface area contributed by atoms with Crippen LogP contribution in [0.15, 0.2) is 0 Å². The highest BCUT2D eigenvalue weighted by Gasteiger charge is 2.48. The van der Waals surface area contributed by atoms with E-state index in [0.29, 0.717) is 5.92 Å². The van der Waals surface area contributed by atoms with Crippen molar-refractivity contribution in [3.8, 4) is 6.07 Å². The third kappa shape index (κ3) is 2.30. The summed E-state index contributed by atoms with van der Waals surface area (Å²) in [6.07, 6.45) is 4.95. The number of carbonyl (C=O) groups is 1. The van der Waals surface area contributed by atoms with Crippen molar-refractivity contribution in [2.45, 2.75) is 32.1 Å². The molecule has 1 spiro atoms. The Morgan fingerprint density at radius 2 is 2.24 bits per heavy atom. The van der Waals surface area contributed by atoms with Crippen LogP contribution in [0.1, 0.15) is 32.1 Å². The van der Waals surface area contributed by atoms with Crippen molar-refractivity contribution in [1.82, 2.24) is 4.90 Å². The Morgan fingerprint density at radius 3 is 2.82 bits per heavy atom. The van der Waals surface area contributed by atoms with E-state index in [1.807, 2.05) is 11.0 Å². The number of amides is 1. The van der Waals surface area contributed by atoms with Gasteiger partial charge >= 0.3 is 0 Å². The van der Waals surface area contributed by atoms with Crippen molar-refractivity contribution in [2.24, 2.45) is 11.3 Å². The fraction of sp³-hybridized carbons (Fsp3) is 0.846. The molecule has 1 atom stereocenters. The van der Waals surface area contributed by atoms with Gasteiger partial charge in [0.25, 0.3) is 0 Å². The summed E-state index contributed by atoms with van der Waals surface area (Å²) in [5, 5.41) is 8.60. The monoisotopic (exact) mass is 236 g/mol. The zero-order valence-corrected chi connectivity index (χ0v) is 10.4. The van der Waals surface area contributed by atoms with Gasteiger partial charge in [0, 0.05) is 26.1 Å². The lowest BCUT2D eigenvalue weighted by molar-refractivity contribution is -0.129. The third-order valence-electron chi connectivity index (χ3n) is 4.36. The average molecular weight is 236 g/mol. The molecule has 0 aromatic rings. The molecular weight excluding hydrogens is 216 g/mol. The molecule has 0 unspecified atom stereocenters. The van der Waals surface area contributed by atoms with Gasteiger partial charge < -0.3 is 9.64 Å². The minimum Gasteiger partial charge on any atom is -0.384 e. The van der Waals surface area contributed by atoms with Crippen LogP contribution in [0, 0.1) is 22.7 Å². The number of nitriles is 1. The predicted octanol–water partition coefficient (Wildman–Crippen LogP) is 1.57. The number of rotatable bonds is 3. The van der Waals surface area contributed by atoms with Gasteiger partial charge in [0.1, 0.15) is 6.42 Å². The van der Waals surface area contributed by atoms with Gasteiger partial charge in [0.15, 0.2) is 0 Å². The molecule has 0 aromatic carbocycles. The molecule has 1 saturated carbocycles. The number of carbonyl (C=O) groups excluding carboxylic acids is 1. The van der Waals surface area contributed by atoms with Crippen LogP contribution in [0.2, 0.25) is 0 Å². The van der Waals surface area contributed by atoms with Gasteiger partial charge in [-0.2, -0.15) is 5.26 Å². The van der Waals surface area contributed by atoms with Crippen LogP contribution >= 0.6 is 0 Å². The summed E-state index contributed by atoms with van der Waals surface area (Å²) in [4.78, 5) is 13.7. The minimum absolute atomic E-state index is 0.00970. The smallest absolute Gasteiger partial charge is 0.236 e. The molecule has 0 N–H and O–H groups in total. The van der Waals surface area contributed by atoms with Crippen LogP contribution in [0.3, 0.4) is 0 Å². The summed E-state index contributed by atoms with van der Waals surface area (Å²) in [5.41, 5.74) is 0.279. The second-order valence-electron chi connectivity index (χ2n) is 5.33. The van der Waals surface area contributed by atoms with Crippen LogP contribution < -0.4 is 0 Å². The van der Waals surface area contributed by atoms with E-state index >= 15 is 0 Å². The fourth-order valence-corrected chi connectivity index (χ4v) is 3.48. The summed E-state index contributed by atoms with van der Waals surface area (Å²) >= 11 is 0. The number of nitrogens with zero attached hydrogens (tertiary/aromatic N) is 2. The molecule has 0 radical (unpaired) electrons. The van der Waals surface area contributed by atoms with Gasteiger partial charge in [-0.3, -0.25) is 4.79 Å². The van der Waals surface area contributed by atoms with Crippen molar-refractivity contribution in [3.05, 3.63) is 0 Å². The maximum atomic E-state index is 11.8. The summed E-state index contributed by atoms with van der Waals surface area (Å²) < 4.78 is 5.30. The van der Waals surface area contributed by atoms with Crippen molar-refractivity contribution in [1.29, 1.82) is 5.26 Å². The first-order valence-corrected chi connectivity index (χ1v) is 6.35. The van der Waals surface area contributed by atoms with Gasteiger partial charge in [-0.25, -0.2) is 0 Å². The molecule has 4 nitrogen and oxygen atoms in total. The first-order chi connectivity index (χ1) is 8.22. The molecule has 4 heteroatoms. The second-order valence-corrected chi connectivity index (χ2v) is 5.33. The second kappa shape index (κ2) is 5.05. The molecule has 2 fully saturated rings. The quantitative estimate of drug-likeness (QED) is 0.747. The molecule has 2 aliphatic rings. The van der Waals surface area contributed by atoms with Crippen LogP contribution in [0.25, 0.3) is 0 Å². The van der Waals surface area contributed by atoms with Gasteiger partial charge in [-0.15, -0.1) is 0 Å². The summed E-state index contributed by atoms with van der Waals surface area (Å²) in [6.45, 7) is 2.34. The van der Waals surface area contributed by atoms with E-state index in [4.69, 9.17) is 10.00 Å². The van der Waals surface area contributed by atoms with E-state index in [0.717, 1.165) is 19.7 Å². The molecule has 94 valence electrons. The molecule has 1 aliphatic heterocycles. The van der Waals surface area contributed by atoms with Crippen molar-refractivity contribution in [2.75, 3.05) is 26.8 Å². The molecule has 0 aromatic heterocycles. The van der Waals surface area contributed by atoms with E-state index in [2.05, 4.69) is 0 Å². The zero-order valence-electron chi connectivity index (χ0n) is 10.4. The number of hydrogen-bond donors (Lipinski definition) is 0. The van der Waals surface area contributed by atoms with E-state index in [1.54, 1.807) is 7.11 Å². The van der Waals surface area contributed by atoms with Crippen LogP contribution in [-0.2, 0) is 9.53 Å². The molecular formula is C13H20N2O2. The molecule has 1 heterocycles. The maximum Gasteiger partial charge on any atom is 0.236 e. The largest absolute Gasteiger partial charge is 0.384 e. The lowest BCUT2D eigenvalue weighted by Crippen LogP contribution is -2.31. The Labute approximate surface area is 103 Å². The lowest BCUT2D eigenvalue weighted by Gasteiger charge is -2.29. The molecule has 1 amide bonds. The summed E-state index contributed by atoms with van der Waals surface area (Å²) in [6, 6.07) is 1.95. The Morgan fingerprint density at radius 1 is 1.53 bits per heavy atom. The SMILES string of the molecule is COC[C@H]1CN(C(=O)CC#N)CC12CCCC2. The Hall–Kier alpha value is -1.08. The third-order valence-corrected chi connectivity index (χ3v) is 4.36. The highest BCUT2D eigenvalue weighted by molar-refractivity contribution is 5.78. The van der Waals surface area contributed by atoms with Crippen molar-refractivity contribution in [3.63, 3.8) is 0 Å². The van der Waals surface area contributed by atoms with Gasteiger partial charge in [-0.1, -0.05) is 12.8 Å². The molecule has 17 heavy (non-hydrogen) atoms. The molecule has 2 rings (SSSR count). The highest BCUT2D eigenvalue weighted by atomic mass is 16.5. The van der Waals surface area contributed by atoms with Gasteiger partial charge in [-0.05, 0) is 18.3 Å². The number of hydrogen-bond acceptors (Lipinski definition) is 3. The predicted molar refractivity (Wildman–Crippen MR) is 63.1 cm³/mol. The van der Waals surface area contributed by atoms with Crippen LogP contribution in [0.4, 0.5) is 0 Å². The van der Waals surface area contributed by atoms with Crippen molar-refractivity contribution < 1.29 is 9.53 Å². The van der Waals surface area contributed by atoms with Crippen LogP contribution in [0.5, 0.6) is 0 Å². The highest BCUT2D eigenvalue weighted by Crippen LogP contribution is 2.49. The van der Waals surface area contributed by atoms with E-state index in [1.165, 1.54) is 25.7 Å². The summed E-state index contributed by atoms with van der Waals surface area (Å²) in [7, 11) is 1.72. The van der Waals surface area contributed by atoms with E-state index < -0.39 is 0 Å². The standard InChI is InChI=1S/C13H20N2O2/c1-17-9-11-8-15(12(16)4-7-14)10-13(11)5-2-3-6-13/h11H,2-6,8-10H2,1H3/t11-/m1/s1. The zero-order chi connectivity index (χ0) is 12.3. The fourth-order valence-electron chi connectivity index (χ4n) is 3.48. The molecule has 1 saturated heterocycles. The Kier molecular flexibility index (Phi) is 3.68. The topological polar surface area (TPSA) is 53.3 Å². The first-order valence-electron chi connectivity index (χ1n) is 6.35. The Balaban J connectivity index is 2.07. The number of ether oxygens (including phenoxy) is 1. The number of methoxy groups -OCH3 is 1. The Bertz CT molecular complexity index is 329. The molecule has 0 bridgehead atoms. The first kappa shape index (κ1) is 12.4. The average Bonchev–Trinajstić information content (AvgIpc) is 2.90. The van der Waals surface area contributed by atoms with Crippen molar-refractivity contribution >= 4 is 5.91 Å². The van der Waals surface area contributed by atoms with Crippen LogP contribution in [-0.4, -0.2) is 37.6 Å². The normalized spacial score (nSPS) is 26.4.